The molecule has 2 heterocycles. The maximum atomic E-state index is 13.9. The van der Waals surface area contributed by atoms with E-state index in [1.807, 2.05) is 0 Å². The molecule has 0 spiro atoms. The molecule has 4 aliphatic rings. The van der Waals surface area contributed by atoms with E-state index >= 15 is 0 Å². The Labute approximate surface area is 210 Å². The highest BCUT2D eigenvalue weighted by Gasteiger charge is 2.61. The summed E-state index contributed by atoms with van der Waals surface area (Å²) in [5.74, 6) is -0.537. The van der Waals surface area contributed by atoms with Gasteiger partial charge in [-0.15, -0.1) is 0 Å². The number of hydrogen-bond donors (Lipinski definition) is 1. The van der Waals surface area contributed by atoms with Crippen LogP contribution in [0, 0.1) is 11.8 Å². The second-order valence-electron chi connectivity index (χ2n) is 10.2. The van der Waals surface area contributed by atoms with Crippen LogP contribution in [0.1, 0.15) is 44.9 Å². The van der Waals surface area contributed by atoms with Crippen LogP contribution < -0.4 is 0 Å². The number of morpholine rings is 1. The number of nitrogens with zero attached hydrogens (tertiary/aromatic N) is 2. The van der Waals surface area contributed by atoms with E-state index in [0.717, 1.165) is 12.8 Å². The van der Waals surface area contributed by atoms with Gasteiger partial charge in [0.25, 0.3) is 0 Å². The van der Waals surface area contributed by atoms with Gasteiger partial charge in [-0.3, -0.25) is 4.79 Å². The third-order valence-electron chi connectivity index (χ3n) is 7.73. The first-order valence-electron chi connectivity index (χ1n) is 12.3. The van der Waals surface area contributed by atoms with Crippen LogP contribution in [0.25, 0.3) is 0 Å². The van der Waals surface area contributed by atoms with Crippen molar-refractivity contribution in [1.82, 2.24) is 9.21 Å². The maximum absolute atomic E-state index is 13.9. The second kappa shape index (κ2) is 9.53. The van der Waals surface area contributed by atoms with Gasteiger partial charge in [-0.25, -0.2) is 13.2 Å². The molecule has 1 aromatic carbocycles. The molecule has 4 fully saturated rings. The molecule has 0 unspecified atom stereocenters. The normalized spacial score (nSPS) is 27.4. The fourth-order valence-electron chi connectivity index (χ4n) is 5.39. The number of carboxylic acid groups (broad SMARTS) is 1. The summed E-state index contributed by atoms with van der Waals surface area (Å²) in [5.41, 5.74) is -0.915. The van der Waals surface area contributed by atoms with Gasteiger partial charge in [-0.05, 0) is 74.6 Å². The van der Waals surface area contributed by atoms with E-state index in [1.165, 1.54) is 12.1 Å². The van der Waals surface area contributed by atoms with Crippen LogP contribution in [-0.4, -0.2) is 78.8 Å². The van der Waals surface area contributed by atoms with Gasteiger partial charge in [0.05, 0.1) is 30.2 Å². The molecule has 0 radical (unpaired) electrons. The number of carbonyl (C=O) groups excluding carboxylic acids is 1. The number of halogens is 1. The van der Waals surface area contributed by atoms with Gasteiger partial charge < -0.3 is 19.5 Å². The standard InChI is InChI=1S/C24H31ClN2O7S/c25-18-3-5-19(6-4-18)35(31,32)27-20(17-1-2-17)14-33-15-21(27)24(9-10-24)34-23(30)26-11-7-16(8-12-26)13-22(28)29/h3-6,16-17,20-21H,1-2,7-15H2,(H,28,29)/t20-,21+/m0/s1. The number of amides is 1. The molecule has 1 aromatic rings. The predicted molar refractivity (Wildman–Crippen MR) is 127 cm³/mol. The lowest BCUT2D eigenvalue weighted by Crippen LogP contribution is -2.61. The van der Waals surface area contributed by atoms with E-state index in [9.17, 15) is 18.0 Å². The molecule has 5 rings (SSSR count). The number of carbonyl (C=O) groups is 2. The number of hydrogen-bond acceptors (Lipinski definition) is 6. The van der Waals surface area contributed by atoms with E-state index in [4.69, 9.17) is 26.2 Å². The molecule has 1 amide bonds. The van der Waals surface area contributed by atoms with Gasteiger partial charge in [0.1, 0.15) is 5.60 Å². The quantitative estimate of drug-likeness (QED) is 0.579. The molecule has 0 bridgehead atoms. The molecule has 2 aliphatic carbocycles. The molecule has 1 N–H and O–H groups in total. The number of likely N-dealkylation sites (tertiary alicyclic amines) is 1. The SMILES string of the molecule is O=C(O)CC1CCN(C(=O)OC2([C@H]3COC[C@@H](C4CC4)N3S(=O)(=O)c3ccc(Cl)cc3)CC2)CC1. The van der Waals surface area contributed by atoms with E-state index in [0.29, 0.717) is 50.4 Å². The zero-order valence-corrected chi connectivity index (χ0v) is 21.0. The first-order valence-corrected chi connectivity index (χ1v) is 14.1. The summed E-state index contributed by atoms with van der Waals surface area (Å²) in [5, 5.41) is 9.48. The van der Waals surface area contributed by atoms with Crippen molar-refractivity contribution in [2.45, 2.75) is 67.5 Å². The van der Waals surface area contributed by atoms with Gasteiger partial charge in [-0.2, -0.15) is 4.31 Å². The number of rotatable bonds is 7. The van der Waals surface area contributed by atoms with Crippen molar-refractivity contribution in [3.05, 3.63) is 29.3 Å². The van der Waals surface area contributed by atoms with Gasteiger partial charge >= 0.3 is 12.1 Å². The Morgan fingerprint density at radius 2 is 1.74 bits per heavy atom. The summed E-state index contributed by atoms with van der Waals surface area (Å²) in [6.07, 6.45) is 3.92. The first kappa shape index (κ1) is 24.8. The molecule has 192 valence electrons. The lowest BCUT2D eigenvalue weighted by atomic mass is 9.94. The van der Waals surface area contributed by atoms with Crippen molar-refractivity contribution in [2.75, 3.05) is 26.3 Å². The Hall–Kier alpha value is -1.88. The van der Waals surface area contributed by atoms with Crippen molar-refractivity contribution in [1.29, 1.82) is 0 Å². The number of sulfonamides is 1. The van der Waals surface area contributed by atoms with Crippen molar-refractivity contribution in [3.8, 4) is 0 Å². The summed E-state index contributed by atoms with van der Waals surface area (Å²) >= 11 is 5.99. The van der Waals surface area contributed by atoms with Crippen LogP contribution in [0.5, 0.6) is 0 Å². The number of ether oxygens (including phenoxy) is 2. The third kappa shape index (κ3) is 5.16. The monoisotopic (exact) mass is 526 g/mol. The van der Waals surface area contributed by atoms with Gasteiger partial charge in [-0.1, -0.05) is 11.6 Å². The van der Waals surface area contributed by atoms with E-state index in [2.05, 4.69) is 0 Å². The first-order chi connectivity index (χ1) is 16.7. The second-order valence-corrected chi connectivity index (χ2v) is 12.5. The van der Waals surface area contributed by atoms with Gasteiger partial charge in [0, 0.05) is 24.5 Å². The van der Waals surface area contributed by atoms with Crippen LogP contribution in [0.2, 0.25) is 5.02 Å². The summed E-state index contributed by atoms with van der Waals surface area (Å²) in [6.45, 7) is 1.37. The van der Waals surface area contributed by atoms with E-state index in [1.54, 1.807) is 21.3 Å². The molecule has 0 aromatic heterocycles. The summed E-state index contributed by atoms with van der Waals surface area (Å²) < 4.78 is 41.2. The molecular weight excluding hydrogens is 496 g/mol. The minimum absolute atomic E-state index is 0.0532. The van der Waals surface area contributed by atoms with Crippen LogP contribution in [-0.2, 0) is 24.3 Å². The molecule has 2 aliphatic heterocycles. The minimum Gasteiger partial charge on any atom is -0.481 e. The highest BCUT2D eigenvalue weighted by atomic mass is 35.5. The van der Waals surface area contributed by atoms with E-state index < -0.39 is 33.7 Å². The molecule has 2 atom stereocenters. The van der Waals surface area contributed by atoms with Gasteiger partial charge in [0.2, 0.25) is 10.0 Å². The highest BCUT2D eigenvalue weighted by Crippen LogP contribution is 2.50. The molecule has 2 saturated heterocycles. The Morgan fingerprint density at radius 1 is 1.09 bits per heavy atom. The van der Waals surface area contributed by atoms with Gasteiger partial charge in [0.15, 0.2) is 0 Å². The maximum Gasteiger partial charge on any atom is 0.410 e. The van der Waals surface area contributed by atoms with Crippen LogP contribution in [0.4, 0.5) is 4.79 Å². The van der Waals surface area contributed by atoms with Crippen molar-refractivity contribution < 1.29 is 32.6 Å². The van der Waals surface area contributed by atoms with Crippen LogP contribution in [0.15, 0.2) is 29.2 Å². The summed E-state index contributed by atoms with van der Waals surface area (Å²) in [6, 6.07) is 5.27. The van der Waals surface area contributed by atoms with Crippen molar-refractivity contribution in [2.24, 2.45) is 11.8 Å². The molecule has 9 nitrogen and oxygen atoms in total. The Balaban J connectivity index is 1.34. The Bertz CT molecular complexity index is 1060. The average molecular weight is 527 g/mol. The lowest BCUT2D eigenvalue weighted by Gasteiger charge is -2.44. The fourth-order valence-corrected chi connectivity index (χ4v) is 7.42. The lowest BCUT2D eigenvalue weighted by molar-refractivity contribution is -0.138. The highest BCUT2D eigenvalue weighted by molar-refractivity contribution is 7.89. The number of benzene rings is 1. The summed E-state index contributed by atoms with van der Waals surface area (Å²) in [4.78, 5) is 25.8. The number of aliphatic carboxylic acids is 1. The van der Waals surface area contributed by atoms with Crippen molar-refractivity contribution in [3.63, 3.8) is 0 Å². The zero-order valence-electron chi connectivity index (χ0n) is 19.5. The largest absolute Gasteiger partial charge is 0.481 e. The zero-order chi connectivity index (χ0) is 24.8. The minimum atomic E-state index is -3.87. The third-order valence-corrected chi connectivity index (χ3v) is 9.93. The van der Waals surface area contributed by atoms with Crippen molar-refractivity contribution >= 4 is 33.7 Å². The van der Waals surface area contributed by atoms with Crippen LogP contribution in [0.3, 0.4) is 0 Å². The molecule has 11 heteroatoms. The predicted octanol–water partition coefficient (Wildman–Crippen LogP) is 3.36. The topological polar surface area (TPSA) is 113 Å². The Morgan fingerprint density at radius 3 is 2.31 bits per heavy atom. The molecule has 35 heavy (non-hydrogen) atoms. The average Bonchev–Trinajstić information content (AvgIpc) is 3.75. The molecular formula is C24H31ClN2O7S. The molecule has 2 saturated carbocycles. The smallest absolute Gasteiger partial charge is 0.410 e. The van der Waals surface area contributed by atoms with Crippen LogP contribution >= 0.6 is 11.6 Å². The number of carboxylic acids is 1. The number of piperidine rings is 1. The fraction of sp³-hybridized carbons (Fsp3) is 0.667. The Kier molecular flexibility index (Phi) is 6.76. The van der Waals surface area contributed by atoms with E-state index in [-0.39, 0.29) is 35.8 Å². The summed E-state index contributed by atoms with van der Waals surface area (Å²) in [7, 11) is -3.87.